The maximum atomic E-state index is 2.20. The van der Waals surface area contributed by atoms with Gasteiger partial charge in [-0.25, -0.2) is 0 Å². The lowest BCUT2D eigenvalue weighted by molar-refractivity contribution is 1.13. The maximum absolute atomic E-state index is 2.20. The Morgan fingerprint density at radius 3 is 2.38 bits per heavy atom. The molecule has 0 atom stereocenters. The molecule has 0 unspecified atom stereocenters. The lowest BCUT2D eigenvalue weighted by Gasteiger charge is -2.13. The second-order valence-corrected chi connectivity index (χ2v) is 3.44. The van der Waals surface area contributed by atoms with Gasteiger partial charge in [0.2, 0.25) is 0 Å². The normalized spacial score (nSPS) is 10.8. The number of nitrogens with zero attached hydrogens (tertiary/aromatic N) is 1. The van der Waals surface area contributed by atoms with Gasteiger partial charge in [0.15, 0.2) is 0 Å². The van der Waals surface area contributed by atoms with Gasteiger partial charge in [-0.3, -0.25) is 0 Å². The summed E-state index contributed by atoms with van der Waals surface area (Å²) in [4.78, 5) is 2.12. The van der Waals surface area contributed by atoms with E-state index in [2.05, 4.69) is 56.3 Å². The van der Waals surface area contributed by atoms with Gasteiger partial charge in [0, 0.05) is 19.8 Å². The van der Waals surface area contributed by atoms with E-state index in [4.69, 9.17) is 0 Å². The number of hydrogen-bond acceptors (Lipinski definition) is 1. The van der Waals surface area contributed by atoms with Crippen LogP contribution in [0.5, 0.6) is 0 Å². The summed E-state index contributed by atoms with van der Waals surface area (Å²) in [6, 6.07) is 6.50. The summed E-state index contributed by atoms with van der Waals surface area (Å²) in [6.07, 6.45) is 4.20. The van der Waals surface area contributed by atoms with E-state index in [1.807, 2.05) is 6.92 Å². The number of benzene rings is 1. The molecule has 0 aliphatic carbocycles. The third kappa shape index (κ3) is 2.35. The summed E-state index contributed by atoms with van der Waals surface area (Å²) in [6.45, 7) is 4.18. The first-order chi connectivity index (χ1) is 6.15. The molecule has 1 heteroatoms. The first kappa shape index (κ1) is 9.85. The van der Waals surface area contributed by atoms with E-state index in [0.29, 0.717) is 0 Å². The van der Waals surface area contributed by atoms with Gasteiger partial charge < -0.3 is 4.90 Å². The summed E-state index contributed by atoms with van der Waals surface area (Å²) >= 11 is 0. The van der Waals surface area contributed by atoms with Crippen LogP contribution in [-0.2, 0) is 0 Å². The highest BCUT2D eigenvalue weighted by Gasteiger charge is 1.97. The molecule has 1 aromatic carbocycles. The van der Waals surface area contributed by atoms with Crippen molar-refractivity contribution < 1.29 is 0 Å². The summed E-state index contributed by atoms with van der Waals surface area (Å²) < 4.78 is 0. The van der Waals surface area contributed by atoms with E-state index in [9.17, 15) is 0 Å². The molecule has 0 heterocycles. The van der Waals surface area contributed by atoms with E-state index < -0.39 is 0 Å². The fourth-order valence-corrected chi connectivity index (χ4v) is 1.30. The molecule has 0 saturated carbocycles. The number of aryl methyl sites for hydroxylation is 1. The van der Waals surface area contributed by atoms with Crippen LogP contribution in [-0.4, -0.2) is 14.1 Å². The van der Waals surface area contributed by atoms with Crippen LogP contribution < -0.4 is 4.90 Å². The van der Waals surface area contributed by atoms with Crippen LogP contribution in [0.3, 0.4) is 0 Å². The molecular formula is C12H17N. The molecule has 0 amide bonds. The van der Waals surface area contributed by atoms with E-state index in [0.717, 1.165) is 0 Å². The minimum Gasteiger partial charge on any atom is -0.378 e. The summed E-state index contributed by atoms with van der Waals surface area (Å²) in [5, 5.41) is 0. The third-order valence-corrected chi connectivity index (χ3v) is 2.12. The molecule has 1 aromatic rings. The van der Waals surface area contributed by atoms with Crippen LogP contribution >= 0.6 is 0 Å². The predicted molar refractivity (Wildman–Crippen MR) is 60.2 cm³/mol. The van der Waals surface area contributed by atoms with Crippen molar-refractivity contribution in [3.63, 3.8) is 0 Å². The maximum Gasteiger partial charge on any atom is 0.0364 e. The van der Waals surface area contributed by atoms with Gasteiger partial charge in [0.1, 0.15) is 0 Å². The Hall–Kier alpha value is -1.24. The SMILES string of the molecule is C/C=C/c1ccc(N(C)C)cc1C. The van der Waals surface area contributed by atoms with Crippen molar-refractivity contribution in [1.29, 1.82) is 0 Å². The molecule has 1 nitrogen and oxygen atoms in total. The van der Waals surface area contributed by atoms with Gasteiger partial charge in [0.05, 0.1) is 0 Å². The first-order valence-corrected chi connectivity index (χ1v) is 4.56. The average molecular weight is 175 g/mol. The summed E-state index contributed by atoms with van der Waals surface area (Å²) in [7, 11) is 4.12. The van der Waals surface area contributed by atoms with E-state index >= 15 is 0 Å². The van der Waals surface area contributed by atoms with Gasteiger partial charge in [-0.2, -0.15) is 0 Å². The minimum absolute atomic E-state index is 1.26. The lowest BCUT2D eigenvalue weighted by atomic mass is 10.1. The molecule has 0 fully saturated rings. The highest BCUT2D eigenvalue weighted by Crippen LogP contribution is 2.18. The Kier molecular flexibility index (Phi) is 3.13. The van der Waals surface area contributed by atoms with Crippen LogP contribution in [0, 0.1) is 6.92 Å². The minimum atomic E-state index is 1.26. The zero-order valence-electron chi connectivity index (χ0n) is 8.83. The highest BCUT2D eigenvalue weighted by molar-refractivity contribution is 5.59. The van der Waals surface area contributed by atoms with Crippen LogP contribution in [0.4, 0.5) is 5.69 Å². The Balaban J connectivity index is 3.05. The van der Waals surface area contributed by atoms with E-state index in [1.165, 1.54) is 16.8 Å². The Labute approximate surface area is 80.7 Å². The lowest BCUT2D eigenvalue weighted by Crippen LogP contribution is -2.08. The number of allylic oxidation sites excluding steroid dienone is 1. The monoisotopic (exact) mass is 175 g/mol. The van der Waals surface area contributed by atoms with Crippen molar-refractivity contribution in [3.05, 3.63) is 35.4 Å². The molecule has 0 radical (unpaired) electrons. The molecule has 0 bridgehead atoms. The molecule has 70 valence electrons. The largest absolute Gasteiger partial charge is 0.378 e. The second-order valence-electron chi connectivity index (χ2n) is 3.44. The second kappa shape index (κ2) is 4.13. The van der Waals surface area contributed by atoms with Gasteiger partial charge >= 0.3 is 0 Å². The van der Waals surface area contributed by atoms with Crippen LogP contribution in [0.1, 0.15) is 18.1 Å². The van der Waals surface area contributed by atoms with Crippen molar-refractivity contribution in [2.45, 2.75) is 13.8 Å². The van der Waals surface area contributed by atoms with Gasteiger partial charge in [-0.15, -0.1) is 0 Å². The molecule has 13 heavy (non-hydrogen) atoms. The molecule has 0 saturated heterocycles. The quantitative estimate of drug-likeness (QED) is 0.667. The van der Waals surface area contributed by atoms with Crippen molar-refractivity contribution in [2.24, 2.45) is 0 Å². The highest BCUT2D eigenvalue weighted by atomic mass is 15.1. The predicted octanol–water partition coefficient (Wildman–Crippen LogP) is 3.09. The van der Waals surface area contributed by atoms with Crippen molar-refractivity contribution >= 4 is 11.8 Å². The number of rotatable bonds is 2. The van der Waals surface area contributed by atoms with Crippen LogP contribution in [0.2, 0.25) is 0 Å². The third-order valence-electron chi connectivity index (χ3n) is 2.12. The fourth-order valence-electron chi connectivity index (χ4n) is 1.30. The molecule has 0 aliphatic heterocycles. The average Bonchev–Trinajstić information content (AvgIpc) is 2.08. The molecule has 1 rings (SSSR count). The van der Waals surface area contributed by atoms with Crippen molar-refractivity contribution in [2.75, 3.05) is 19.0 Å². The molecular weight excluding hydrogens is 158 g/mol. The summed E-state index contributed by atoms with van der Waals surface area (Å²) in [5.41, 5.74) is 3.88. The molecule has 0 aromatic heterocycles. The Bertz CT molecular complexity index is 311. The van der Waals surface area contributed by atoms with E-state index in [-0.39, 0.29) is 0 Å². The summed E-state index contributed by atoms with van der Waals surface area (Å²) in [5.74, 6) is 0. The van der Waals surface area contributed by atoms with Gasteiger partial charge in [0.25, 0.3) is 0 Å². The first-order valence-electron chi connectivity index (χ1n) is 4.56. The fraction of sp³-hybridized carbons (Fsp3) is 0.333. The van der Waals surface area contributed by atoms with E-state index in [1.54, 1.807) is 0 Å². The van der Waals surface area contributed by atoms with Crippen LogP contribution in [0.25, 0.3) is 6.08 Å². The zero-order chi connectivity index (χ0) is 9.84. The van der Waals surface area contributed by atoms with Crippen molar-refractivity contribution in [3.8, 4) is 0 Å². The Morgan fingerprint density at radius 1 is 1.23 bits per heavy atom. The smallest absolute Gasteiger partial charge is 0.0364 e. The zero-order valence-corrected chi connectivity index (χ0v) is 8.83. The molecule has 0 spiro atoms. The van der Waals surface area contributed by atoms with Crippen LogP contribution in [0.15, 0.2) is 24.3 Å². The van der Waals surface area contributed by atoms with Crippen molar-refractivity contribution in [1.82, 2.24) is 0 Å². The van der Waals surface area contributed by atoms with Gasteiger partial charge in [-0.1, -0.05) is 18.2 Å². The number of hydrogen-bond donors (Lipinski definition) is 0. The number of anilines is 1. The molecule has 0 N–H and O–H groups in total. The Morgan fingerprint density at radius 2 is 1.92 bits per heavy atom. The molecule has 0 aliphatic rings. The van der Waals surface area contributed by atoms with Gasteiger partial charge in [-0.05, 0) is 37.1 Å². The standard InChI is InChI=1S/C12H17N/c1-5-6-11-7-8-12(13(3)4)9-10(11)2/h5-9H,1-4H3/b6-5+. The topological polar surface area (TPSA) is 3.24 Å².